The highest BCUT2D eigenvalue weighted by Gasteiger charge is 2.35. The molecule has 2 aromatic rings. The number of nitrogens with one attached hydrogen (secondary N) is 1. The maximum Gasteiger partial charge on any atom is 0.449 e. The van der Waals surface area contributed by atoms with E-state index in [0.717, 1.165) is 6.07 Å². The minimum Gasteiger partial charge on any atom is -0.457 e. The number of ether oxygens (including phenoxy) is 1. The number of carbonyl (C=O) groups is 1. The summed E-state index contributed by atoms with van der Waals surface area (Å²) in [6.07, 6.45) is -5.26. The normalized spacial score (nSPS) is 12.1. The lowest BCUT2D eigenvalue weighted by molar-refractivity contribution is -0.145. The quantitative estimate of drug-likeness (QED) is 0.856. The average Bonchev–Trinajstić information content (AvgIpc) is 2.71. The Labute approximate surface area is 109 Å². The van der Waals surface area contributed by atoms with E-state index in [2.05, 4.69) is 4.98 Å². The van der Waals surface area contributed by atoms with Gasteiger partial charge in [0.2, 0.25) is 17.3 Å². The fraction of sp³-hybridized carbons (Fsp3) is 0.364. The van der Waals surface area contributed by atoms with Crippen molar-refractivity contribution in [2.45, 2.75) is 26.1 Å². The number of halogens is 3. The first-order valence-electron chi connectivity index (χ1n) is 5.50. The zero-order chi connectivity index (χ0) is 15.1. The van der Waals surface area contributed by atoms with E-state index in [-0.39, 0.29) is 11.1 Å². The first-order chi connectivity index (χ1) is 9.18. The van der Waals surface area contributed by atoms with Crippen LogP contribution in [0.5, 0.6) is 0 Å². The summed E-state index contributed by atoms with van der Waals surface area (Å²) in [6, 6.07) is 0.992. The molecule has 9 heteroatoms. The van der Waals surface area contributed by atoms with Crippen LogP contribution in [0.25, 0.3) is 11.1 Å². The van der Waals surface area contributed by atoms with Crippen molar-refractivity contribution >= 4 is 17.1 Å². The minimum absolute atomic E-state index is 0.256. The van der Waals surface area contributed by atoms with Crippen LogP contribution >= 0.6 is 0 Å². The summed E-state index contributed by atoms with van der Waals surface area (Å²) >= 11 is 0. The van der Waals surface area contributed by atoms with Crippen molar-refractivity contribution < 1.29 is 27.1 Å². The van der Waals surface area contributed by atoms with Crippen molar-refractivity contribution in [3.05, 3.63) is 28.0 Å². The number of aromatic nitrogens is 2. The number of esters is 1. The molecule has 0 bridgehead atoms. The number of furan rings is 1. The number of aromatic amines is 1. The van der Waals surface area contributed by atoms with Crippen molar-refractivity contribution in [3.63, 3.8) is 0 Å². The maximum absolute atomic E-state index is 12.5. The van der Waals surface area contributed by atoms with Crippen molar-refractivity contribution in [3.8, 4) is 0 Å². The number of H-pyrrole nitrogens is 1. The summed E-state index contributed by atoms with van der Waals surface area (Å²) in [5, 5.41) is -0.256. The number of carbonyl (C=O) groups excluding carboxylic acids is 1. The number of alkyl halides is 3. The van der Waals surface area contributed by atoms with Gasteiger partial charge in [0.15, 0.2) is 0 Å². The van der Waals surface area contributed by atoms with Gasteiger partial charge in [0, 0.05) is 6.07 Å². The molecule has 20 heavy (non-hydrogen) atoms. The van der Waals surface area contributed by atoms with Gasteiger partial charge in [-0.25, -0.2) is 4.79 Å². The highest BCUT2D eigenvalue weighted by atomic mass is 19.4. The Balaban J connectivity index is 2.52. The Kier molecular flexibility index (Phi) is 3.28. The number of nitrogens with zero attached hydrogens (tertiary/aromatic N) is 1. The SMILES string of the molecule is CC(C)OC(=O)c1cc2c(=O)[nH]c(C(F)(F)F)nc2o1. The second-order valence-electron chi connectivity index (χ2n) is 4.20. The van der Waals surface area contributed by atoms with Crippen LogP contribution in [0.1, 0.15) is 30.2 Å². The van der Waals surface area contributed by atoms with Crippen molar-refractivity contribution in [1.29, 1.82) is 0 Å². The molecule has 108 valence electrons. The molecule has 0 spiro atoms. The lowest BCUT2D eigenvalue weighted by Gasteiger charge is -2.04. The van der Waals surface area contributed by atoms with E-state index in [1.807, 2.05) is 0 Å². The molecule has 2 aromatic heterocycles. The summed E-state index contributed by atoms with van der Waals surface area (Å²) in [5.74, 6) is -2.76. The Morgan fingerprint density at radius 2 is 2.10 bits per heavy atom. The van der Waals surface area contributed by atoms with E-state index in [9.17, 15) is 22.8 Å². The molecule has 1 N–H and O–H groups in total. The number of hydrogen-bond acceptors (Lipinski definition) is 5. The van der Waals surface area contributed by atoms with Gasteiger partial charge >= 0.3 is 12.1 Å². The summed E-state index contributed by atoms with van der Waals surface area (Å²) in [4.78, 5) is 27.8. The molecule has 0 radical (unpaired) electrons. The van der Waals surface area contributed by atoms with Crippen LogP contribution in [0.4, 0.5) is 13.2 Å². The third-order valence-electron chi connectivity index (χ3n) is 2.21. The summed E-state index contributed by atoms with van der Waals surface area (Å²) in [7, 11) is 0. The first-order valence-corrected chi connectivity index (χ1v) is 5.50. The summed E-state index contributed by atoms with van der Waals surface area (Å²) in [5.41, 5.74) is -1.62. The second kappa shape index (κ2) is 4.66. The second-order valence-corrected chi connectivity index (χ2v) is 4.20. The molecule has 0 unspecified atom stereocenters. The number of hydrogen-bond donors (Lipinski definition) is 1. The molecule has 0 aromatic carbocycles. The third-order valence-corrected chi connectivity index (χ3v) is 2.21. The smallest absolute Gasteiger partial charge is 0.449 e. The Hall–Kier alpha value is -2.32. The molecule has 0 amide bonds. The van der Waals surface area contributed by atoms with Gasteiger partial charge in [0.1, 0.15) is 5.39 Å². The van der Waals surface area contributed by atoms with Crippen LogP contribution in [0.3, 0.4) is 0 Å². The van der Waals surface area contributed by atoms with Crippen LogP contribution in [-0.4, -0.2) is 22.0 Å². The zero-order valence-electron chi connectivity index (χ0n) is 10.4. The highest BCUT2D eigenvalue weighted by Crippen LogP contribution is 2.26. The predicted octanol–water partition coefficient (Wildman–Crippen LogP) is 2.10. The number of fused-ring (bicyclic) bond motifs is 1. The van der Waals surface area contributed by atoms with Gasteiger partial charge in [-0.05, 0) is 13.8 Å². The zero-order valence-corrected chi connectivity index (χ0v) is 10.4. The van der Waals surface area contributed by atoms with E-state index >= 15 is 0 Å². The molecule has 6 nitrogen and oxygen atoms in total. The molecule has 0 saturated carbocycles. The fourth-order valence-corrected chi connectivity index (χ4v) is 1.44. The molecule has 0 atom stereocenters. The lowest BCUT2D eigenvalue weighted by atomic mass is 10.3. The molecule has 2 rings (SSSR count). The number of rotatable bonds is 2. The first kappa shape index (κ1) is 14.1. The molecule has 2 heterocycles. The van der Waals surface area contributed by atoms with Crippen LogP contribution < -0.4 is 5.56 Å². The van der Waals surface area contributed by atoms with Gasteiger partial charge in [-0.15, -0.1) is 0 Å². The molecule has 0 aliphatic carbocycles. The van der Waals surface area contributed by atoms with Gasteiger partial charge in [0.05, 0.1) is 6.10 Å². The Morgan fingerprint density at radius 1 is 1.45 bits per heavy atom. The van der Waals surface area contributed by atoms with E-state index in [0.29, 0.717) is 0 Å². The summed E-state index contributed by atoms with van der Waals surface area (Å²) in [6.45, 7) is 3.18. The van der Waals surface area contributed by atoms with Crippen molar-refractivity contribution in [1.82, 2.24) is 9.97 Å². The van der Waals surface area contributed by atoms with Gasteiger partial charge in [0.25, 0.3) is 5.56 Å². The van der Waals surface area contributed by atoms with Crippen molar-refractivity contribution in [2.75, 3.05) is 0 Å². The molecular formula is C11H9F3N2O4. The Bertz CT molecular complexity index is 715. The van der Waals surface area contributed by atoms with Gasteiger partial charge in [-0.3, -0.25) is 4.79 Å². The highest BCUT2D eigenvalue weighted by molar-refractivity contribution is 5.91. The van der Waals surface area contributed by atoms with Crippen LogP contribution in [0, 0.1) is 0 Å². The lowest BCUT2D eigenvalue weighted by Crippen LogP contribution is -2.18. The van der Waals surface area contributed by atoms with Gasteiger partial charge in [-0.1, -0.05) is 0 Å². The minimum atomic E-state index is -4.82. The topological polar surface area (TPSA) is 85.2 Å². The molecular weight excluding hydrogens is 281 g/mol. The standard InChI is InChI=1S/C11H9F3N2O4/c1-4(2)19-9(18)6-3-5-7(17)15-10(11(12,13)14)16-8(5)20-6/h3-4H,1-2H3,(H,15,16,17). The maximum atomic E-state index is 12.5. The van der Waals surface area contributed by atoms with Crippen LogP contribution in [0.2, 0.25) is 0 Å². The van der Waals surface area contributed by atoms with E-state index in [1.165, 1.54) is 0 Å². The van der Waals surface area contributed by atoms with Gasteiger partial charge < -0.3 is 14.1 Å². The predicted molar refractivity (Wildman–Crippen MR) is 60.2 cm³/mol. The van der Waals surface area contributed by atoms with Crippen LogP contribution in [-0.2, 0) is 10.9 Å². The fourth-order valence-electron chi connectivity index (χ4n) is 1.44. The van der Waals surface area contributed by atoms with Crippen molar-refractivity contribution in [2.24, 2.45) is 0 Å². The average molecular weight is 290 g/mol. The van der Waals surface area contributed by atoms with Gasteiger partial charge in [-0.2, -0.15) is 18.2 Å². The van der Waals surface area contributed by atoms with E-state index < -0.39 is 35.3 Å². The molecule has 0 aliphatic rings. The molecule has 0 fully saturated rings. The molecule has 0 saturated heterocycles. The monoisotopic (exact) mass is 290 g/mol. The Morgan fingerprint density at radius 3 is 2.65 bits per heavy atom. The third kappa shape index (κ3) is 2.65. The van der Waals surface area contributed by atoms with E-state index in [1.54, 1.807) is 18.8 Å². The molecule has 0 aliphatic heterocycles. The largest absolute Gasteiger partial charge is 0.457 e. The van der Waals surface area contributed by atoms with E-state index in [4.69, 9.17) is 9.15 Å². The van der Waals surface area contributed by atoms with Crippen LogP contribution in [0.15, 0.2) is 15.3 Å². The summed E-state index contributed by atoms with van der Waals surface area (Å²) < 4.78 is 47.1.